The van der Waals surface area contributed by atoms with E-state index in [1.807, 2.05) is 0 Å². The third-order valence-electron chi connectivity index (χ3n) is 5.61. The molecule has 5 atom stereocenters. The van der Waals surface area contributed by atoms with E-state index < -0.39 is 29.1 Å². The molecule has 4 N–H and O–H groups in total. The molecular weight excluding hydrogens is 232 g/mol. The highest BCUT2D eigenvalue weighted by Crippen LogP contribution is 2.62. The lowest BCUT2D eigenvalue weighted by atomic mass is 9.45. The summed E-state index contributed by atoms with van der Waals surface area (Å²) in [6, 6.07) is 0. The Hall–Kier alpha value is -0.160. The summed E-state index contributed by atoms with van der Waals surface area (Å²) in [4.78, 5) is 0. The molecule has 4 nitrogen and oxygen atoms in total. The molecule has 2 bridgehead atoms. The zero-order valence-corrected chi connectivity index (χ0v) is 11.6. The van der Waals surface area contributed by atoms with Crippen molar-refractivity contribution in [1.82, 2.24) is 0 Å². The van der Waals surface area contributed by atoms with Crippen molar-refractivity contribution >= 4 is 0 Å². The van der Waals surface area contributed by atoms with Crippen LogP contribution < -0.4 is 0 Å². The summed E-state index contributed by atoms with van der Waals surface area (Å²) in [5.41, 5.74) is -1.24. The highest BCUT2D eigenvalue weighted by molar-refractivity contribution is 5.13. The van der Waals surface area contributed by atoms with E-state index in [0.29, 0.717) is 12.8 Å². The predicted octanol–water partition coefficient (Wildman–Crippen LogP) is 0.668. The Bertz CT molecular complexity index is 324. The molecular formula is C14H26O4. The summed E-state index contributed by atoms with van der Waals surface area (Å²) in [5, 5.41) is 40.5. The molecule has 2 rings (SSSR count). The minimum atomic E-state index is -1.16. The van der Waals surface area contributed by atoms with E-state index in [0.717, 1.165) is 12.8 Å². The summed E-state index contributed by atoms with van der Waals surface area (Å²) in [5.74, 6) is 0. The lowest BCUT2D eigenvalue weighted by Gasteiger charge is -2.62. The lowest BCUT2D eigenvalue weighted by Crippen LogP contribution is -2.67. The maximum atomic E-state index is 10.5. The first-order valence-electron chi connectivity index (χ1n) is 6.85. The molecule has 0 aromatic carbocycles. The first-order chi connectivity index (χ1) is 8.20. The van der Waals surface area contributed by atoms with Crippen LogP contribution in [0.1, 0.15) is 46.5 Å². The van der Waals surface area contributed by atoms with Crippen LogP contribution >= 0.6 is 0 Å². The third-order valence-corrected chi connectivity index (χ3v) is 5.61. The van der Waals surface area contributed by atoms with Crippen molar-refractivity contribution in [3.8, 4) is 0 Å². The summed E-state index contributed by atoms with van der Waals surface area (Å²) in [6.07, 6.45) is -0.112. The number of aliphatic hydroxyl groups excluding tert-OH is 4. The first-order valence-corrected chi connectivity index (χ1v) is 6.85. The molecule has 0 amide bonds. The van der Waals surface area contributed by atoms with Gasteiger partial charge in [-0.15, -0.1) is 0 Å². The molecule has 18 heavy (non-hydrogen) atoms. The van der Waals surface area contributed by atoms with Gasteiger partial charge in [-0.1, -0.05) is 27.2 Å². The van der Waals surface area contributed by atoms with Gasteiger partial charge in [-0.2, -0.15) is 0 Å². The largest absolute Gasteiger partial charge is 0.396 e. The van der Waals surface area contributed by atoms with Gasteiger partial charge < -0.3 is 20.4 Å². The van der Waals surface area contributed by atoms with Crippen molar-refractivity contribution in [2.75, 3.05) is 6.61 Å². The van der Waals surface area contributed by atoms with Crippen LogP contribution in [0.2, 0.25) is 0 Å². The zero-order chi connectivity index (χ0) is 13.8. The van der Waals surface area contributed by atoms with Crippen LogP contribution in [0.5, 0.6) is 0 Å². The van der Waals surface area contributed by atoms with Gasteiger partial charge in [-0.05, 0) is 24.7 Å². The van der Waals surface area contributed by atoms with Crippen molar-refractivity contribution in [2.24, 2.45) is 16.2 Å². The summed E-state index contributed by atoms with van der Waals surface area (Å²) >= 11 is 0. The van der Waals surface area contributed by atoms with Gasteiger partial charge in [0.15, 0.2) is 0 Å². The van der Waals surface area contributed by atoms with Gasteiger partial charge in [0.25, 0.3) is 0 Å². The topological polar surface area (TPSA) is 80.9 Å². The van der Waals surface area contributed by atoms with Crippen LogP contribution in [0, 0.1) is 16.2 Å². The van der Waals surface area contributed by atoms with Gasteiger partial charge in [0, 0.05) is 10.8 Å². The van der Waals surface area contributed by atoms with E-state index in [2.05, 4.69) is 20.8 Å². The third kappa shape index (κ3) is 1.66. The number of fused-ring (bicyclic) bond motifs is 2. The van der Waals surface area contributed by atoms with Crippen LogP contribution in [-0.4, -0.2) is 45.3 Å². The fraction of sp³-hybridized carbons (Fsp3) is 1.00. The molecule has 0 aliphatic heterocycles. The van der Waals surface area contributed by atoms with Crippen molar-refractivity contribution in [3.05, 3.63) is 0 Å². The van der Waals surface area contributed by atoms with E-state index >= 15 is 0 Å². The summed E-state index contributed by atoms with van der Waals surface area (Å²) in [6.45, 7) is 6.06. The quantitative estimate of drug-likeness (QED) is 0.557. The van der Waals surface area contributed by atoms with E-state index in [1.54, 1.807) is 0 Å². The molecule has 2 aliphatic rings. The van der Waals surface area contributed by atoms with E-state index in [1.165, 1.54) is 0 Å². The average molecular weight is 258 g/mol. The van der Waals surface area contributed by atoms with Crippen LogP contribution in [0.15, 0.2) is 0 Å². The highest BCUT2D eigenvalue weighted by atomic mass is 16.4. The van der Waals surface area contributed by atoms with Crippen molar-refractivity contribution in [3.63, 3.8) is 0 Å². The second kappa shape index (κ2) is 4.17. The fourth-order valence-corrected chi connectivity index (χ4v) is 4.24. The molecule has 2 aliphatic carbocycles. The molecule has 106 valence electrons. The molecule has 2 saturated carbocycles. The zero-order valence-electron chi connectivity index (χ0n) is 11.6. The molecule has 0 aromatic heterocycles. The van der Waals surface area contributed by atoms with Gasteiger partial charge in [0.05, 0.1) is 18.8 Å². The number of hydrogen-bond donors (Lipinski definition) is 4. The summed E-state index contributed by atoms with van der Waals surface area (Å²) in [7, 11) is 0. The molecule has 0 radical (unpaired) electrons. The molecule has 1 unspecified atom stereocenters. The predicted molar refractivity (Wildman–Crippen MR) is 67.9 cm³/mol. The van der Waals surface area contributed by atoms with Crippen LogP contribution in [0.4, 0.5) is 0 Å². The number of aliphatic hydroxyl groups is 4. The van der Waals surface area contributed by atoms with Crippen molar-refractivity contribution in [2.45, 2.75) is 64.8 Å². The van der Waals surface area contributed by atoms with Gasteiger partial charge >= 0.3 is 0 Å². The molecule has 2 fully saturated rings. The Kier molecular flexibility index (Phi) is 3.30. The van der Waals surface area contributed by atoms with E-state index in [4.69, 9.17) is 0 Å². The second-order valence-electron chi connectivity index (χ2n) is 7.34. The molecule has 0 spiro atoms. The van der Waals surface area contributed by atoms with Gasteiger partial charge in [0.2, 0.25) is 0 Å². The normalized spacial score (nSPS) is 49.2. The smallest absolute Gasteiger partial charge is 0.107 e. The van der Waals surface area contributed by atoms with E-state index in [-0.39, 0.29) is 12.0 Å². The highest BCUT2D eigenvalue weighted by Gasteiger charge is 2.63. The Morgan fingerprint density at radius 1 is 1.06 bits per heavy atom. The first kappa shape index (κ1) is 14.3. The Morgan fingerprint density at radius 2 is 1.67 bits per heavy atom. The maximum absolute atomic E-state index is 10.5. The SMILES string of the molecule is CC(C)(C)C12CCC[C@](CO)(C1)[C@@H](O)[C@H](O)[C@H]2O. The van der Waals surface area contributed by atoms with Crippen LogP contribution in [0.3, 0.4) is 0 Å². The number of hydrogen-bond acceptors (Lipinski definition) is 4. The number of rotatable bonds is 1. The van der Waals surface area contributed by atoms with E-state index in [9.17, 15) is 20.4 Å². The lowest BCUT2D eigenvalue weighted by molar-refractivity contribution is -0.255. The average Bonchev–Trinajstić information content (AvgIpc) is 2.33. The van der Waals surface area contributed by atoms with Gasteiger partial charge in [-0.25, -0.2) is 0 Å². The Balaban J connectivity index is 2.48. The van der Waals surface area contributed by atoms with Gasteiger partial charge in [0.1, 0.15) is 6.10 Å². The minimum absolute atomic E-state index is 0.129. The maximum Gasteiger partial charge on any atom is 0.107 e. The molecule has 4 heteroatoms. The molecule has 0 saturated heterocycles. The van der Waals surface area contributed by atoms with Crippen LogP contribution in [0.25, 0.3) is 0 Å². The Morgan fingerprint density at radius 3 is 2.17 bits per heavy atom. The fourth-order valence-electron chi connectivity index (χ4n) is 4.24. The van der Waals surface area contributed by atoms with Gasteiger partial charge in [-0.3, -0.25) is 0 Å². The Labute approximate surface area is 109 Å². The monoisotopic (exact) mass is 258 g/mol. The summed E-state index contributed by atoms with van der Waals surface area (Å²) < 4.78 is 0. The van der Waals surface area contributed by atoms with Crippen molar-refractivity contribution < 1.29 is 20.4 Å². The second-order valence-corrected chi connectivity index (χ2v) is 7.34. The van der Waals surface area contributed by atoms with Crippen molar-refractivity contribution in [1.29, 1.82) is 0 Å². The van der Waals surface area contributed by atoms with Crippen LogP contribution in [-0.2, 0) is 0 Å². The molecule has 0 heterocycles. The standard InChI is InChI=1S/C14H26O4/c1-12(2,3)14-6-4-5-13(7-14,8-15)10(17)9(16)11(14)18/h9-11,15-18H,4-8H2,1-3H3/t9-,10-,11+,13+,14?/m0/s1. The molecule has 0 aromatic rings. The minimum Gasteiger partial charge on any atom is -0.396 e.